The normalized spacial score (nSPS) is 21.3. The van der Waals surface area contributed by atoms with Crippen LogP contribution in [0.2, 0.25) is 0 Å². The number of rotatable bonds is 4. The third-order valence-corrected chi connectivity index (χ3v) is 4.26. The molecule has 2 fully saturated rings. The Hall–Kier alpha value is -1.02. The van der Waals surface area contributed by atoms with E-state index in [1.807, 2.05) is 0 Å². The number of nitrogens with zero attached hydrogens (tertiary/aromatic N) is 1. The molecule has 0 atom stereocenters. The summed E-state index contributed by atoms with van der Waals surface area (Å²) in [4.78, 5) is 2.57. The van der Waals surface area contributed by atoms with Crippen LogP contribution in [-0.4, -0.2) is 25.2 Å². The number of nitrogens with one attached hydrogen (secondary N) is 1. The second-order valence-corrected chi connectivity index (χ2v) is 5.68. The van der Waals surface area contributed by atoms with Crippen molar-refractivity contribution in [2.24, 2.45) is 0 Å². The average Bonchev–Trinajstić information content (AvgIpc) is 3.24. The Labute approximate surface area is 110 Å². The van der Waals surface area contributed by atoms with Gasteiger partial charge in [-0.3, -0.25) is 0 Å². The van der Waals surface area contributed by atoms with Gasteiger partial charge in [-0.05, 0) is 43.7 Å². The predicted octanol–water partition coefficient (Wildman–Crippen LogP) is 2.97. The molecule has 18 heavy (non-hydrogen) atoms. The maximum absolute atomic E-state index is 3.77. The first kappa shape index (κ1) is 12.0. The Kier molecular flexibility index (Phi) is 3.55. The Morgan fingerprint density at radius 3 is 2.39 bits per heavy atom. The molecule has 1 aromatic rings. The number of aryl methyl sites for hydroxylation is 1. The maximum atomic E-state index is 3.77. The highest BCUT2D eigenvalue weighted by Gasteiger charge is 2.27. The zero-order valence-electron chi connectivity index (χ0n) is 11.4. The summed E-state index contributed by atoms with van der Waals surface area (Å²) in [5.41, 5.74) is 2.95. The third-order valence-electron chi connectivity index (χ3n) is 4.26. The summed E-state index contributed by atoms with van der Waals surface area (Å²) in [6.07, 6.45) is 6.54. The van der Waals surface area contributed by atoms with Gasteiger partial charge in [0.1, 0.15) is 0 Å². The van der Waals surface area contributed by atoms with E-state index in [2.05, 4.69) is 41.4 Å². The van der Waals surface area contributed by atoms with Crippen LogP contribution in [0.25, 0.3) is 0 Å². The largest absolute Gasteiger partial charge is 0.371 e. The fraction of sp³-hybridized carbons (Fsp3) is 0.625. The smallest absolute Gasteiger partial charge is 0.0398 e. The molecule has 0 unspecified atom stereocenters. The van der Waals surface area contributed by atoms with E-state index in [0.717, 1.165) is 18.5 Å². The van der Waals surface area contributed by atoms with Crippen molar-refractivity contribution in [1.82, 2.24) is 5.32 Å². The maximum Gasteiger partial charge on any atom is 0.0398 e. The first-order chi connectivity index (χ1) is 8.86. The fourth-order valence-electron chi connectivity index (χ4n) is 2.99. The van der Waals surface area contributed by atoms with Crippen molar-refractivity contribution < 1.29 is 0 Å². The molecular formula is C16H24N2. The van der Waals surface area contributed by atoms with Crippen LogP contribution >= 0.6 is 0 Å². The number of piperidine rings is 1. The lowest BCUT2D eigenvalue weighted by Crippen LogP contribution is -2.43. The van der Waals surface area contributed by atoms with Gasteiger partial charge in [0.05, 0.1) is 0 Å². The molecule has 2 nitrogen and oxygen atoms in total. The van der Waals surface area contributed by atoms with E-state index in [1.54, 1.807) is 0 Å². The van der Waals surface area contributed by atoms with Gasteiger partial charge in [-0.2, -0.15) is 0 Å². The van der Waals surface area contributed by atoms with Crippen molar-refractivity contribution in [3.05, 3.63) is 29.8 Å². The highest BCUT2D eigenvalue weighted by Crippen LogP contribution is 2.26. The van der Waals surface area contributed by atoms with Crippen molar-refractivity contribution in [2.45, 2.75) is 51.1 Å². The second-order valence-electron chi connectivity index (χ2n) is 5.68. The molecular weight excluding hydrogens is 220 g/mol. The quantitative estimate of drug-likeness (QED) is 0.876. The molecule has 2 heteroatoms. The van der Waals surface area contributed by atoms with Crippen molar-refractivity contribution in [2.75, 3.05) is 18.0 Å². The fourth-order valence-corrected chi connectivity index (χ4v) is 2.99. The third kappa shape index (κ3) is 2.69. The van der Waals surface area contributed by atoms with Crippen LogP contribution in [0.15, 0.2) is 24.3 Å². The molecule has 2 aliphatic rings. The SMILES string of the molecule is CCc1ccccc1N1CCC(NC2CC2)CC1. The molecule has 1 saturated carbocycles. The van der Waals surface area contributed by atoms with Gasteiger partial charge in [0.2, 0.25) is 0 Å². The first-order valence-electron chi connectivity index (χ1n) is 7.45. The summed E-state index contributed by atoms with van der Waals surface area (Å²) in [7, 11) is 0. The van der Waals surface area contributed by atoms with E-state index in [9.17, 15) is 0 Å². The van der Waals surface area contributed by atoms with Crippen LogP contribution in [0.1, 0.15) is 38.2 Å². The molecule has 1 heterocycles. The Bertz CT molecular complexity index is 390. The van der Waals surface area contributed by atoms with Gasteiger partial charge in [-0.15, -0.1) is 0 Å². The number of hydrogen-bond acceptors (Lipinski definition) is 2. The molecule has 98 valence electrons. The highest BCUT2D eigenvalue weighted by atomic mass is 15.2. The number of anilines is 1. The molecule has 0 aromatic heterocycles. The number of hydrogen-bond donors (Lipinski definition) is 1. The molecule has 0 bridgehead atoms. The minimum Gasteiger partial charge on any atom is -0.371 e. The molecule has 1 aliphatic heterocycles. The highest BCUT2D eigenvalue weighted by molar-refractivity contribution is 5.54. The van der Waals surface area contributed by atoms with Crippen molar-refractivity contribution in [1.29, 1.82) is 0 Å². The summed E-state index contributed by atoms with van der Waals surface area (Å²) in [6.45, 7) is 4.67. The van der Waals surface area contributed by atoms with Crippen molar-refractivity contribution in [3.63, 3.8) is 0 Å². The Morgan fingerprint density at radius 1 is 1.06 bits per heavy atom. The Balaban J connectivity index is 1.60. The van der Waals surface area contributed by atoms with Crippen LogP contribution in [-0.2, 0) is 6.42 Å². The van der Waals surface area contributed by atoms with Gasteiger partial charge >= 0.3 is 0 Å². The summed E-state index contributed by atoms with van der Waals surface area (Å²) in [6, 6.07) is 10.5. The molecule has 1 aromatic carbocycles. The molecule has 1 aliphatic carbocycles. The summed E-state index contributed by atoms with van der Waals surface area (Å²) in [5.74, 6) is 0. The first-order valence-corrected chi connectivity index (χ1v) is 7.45. The van der Waals surface area contributed by atoms with Crippen molar-refractivity contribution >= 4 is 5.69 Å². The molecule has 0 spiro atoms. The van der Waals surface area contributed by atoms with Gasteiger partial charge in [-0.1, -0.05) is 25.1 Å². The number of para-hydroxylation sites is 1. The standard InChI is InChI=1S/C16H24N2/c1-2-13-5-3-4-6-16(13)18-11-9-15(10-12-18)17-14-7-8-14/h3-6,14-15,17H,2,7-12H2,1H3. The van der Waals surface area contributed by atoms with Gasteiger partial charge in [0.15, 0.2) is 0 Å². The molecule has 1 saturated heterocycles. The van der Waals surface area contributed by atoms with E-state index in [-0.39, 0.29) is 0 Å². The average molecular weight is 244 g/mol. The lowest BCUT2D eigenvalue weighted by Gasteiger charge is -2.35. The minimum atomic E-state index is 0.766. The van der Waals surface area contributed by atoms with E-state index < -0.39 is 0 Å². The zero-order valence-corrected chi connectivity index (χ0v) is 11.4. The van der Waals surface area contributed by atoms with Crippen LogP contribution in [0, 0.1) is 0 Å². The topological polar surface area (TPSA) is 15.3 Å². The zero-order chi connectivity index (χ0) is 12.4. The van der Waals surface area contributed by atoms with Gasteiger partial charge in [0.25, 0.3) is 0 Å². The van der Waals surface area contributed by atoms with Crippen LogP contribution in [0.5, 0.6) is 0 Å². The summed E-state index contributed by atoms with van der Waals surface area (Å²) in [5, 5.41) is 3.77. The molecule has 3 rings (SSSR count). The number of benzene rings is 1. The van der Waals surface area contributed by atoms with Gasteiger partial charge < -0.3 is 10.2 Å². The molecule has 1 N–H and O–H groups in total. The molecule has 0 radical (unpaired) electrons. The predicted molar refractivity (Wildman–Crippen MR) is 77.2 cm³/mol. The van der Waals surface area contributed by atoms with E-state index >= 15 is 0 Å². The van der Waals surface area contributed by atoms with Crippen LogP contribution in [0.4, 0.5) is 5.69 Å². The van der Waals surface area contributed by atoms with Crippen LogP contribution in [0.3, 0.4) is 0 Å². The lowest BCUT2D eigenvalue weighted by molar-refractivity contribution is 0.412. The van der Waals surface area contributed by atoms with Crippen molar-refractivity contribution in [3.8, 4) is 0 Å². The summed E-state index contributed by atoms with van der Waals surface area (Å²) >= 11 is 0. The van der Waals surface area contributed by atoms with Crippen LogP contribution < -0.4 is 10.2 Å². The minimum absolute atomic E-state index is 0.766. The Morgan fingerprint density at radius 2 is 1.72 bits per heavy atom. The van der Waals surface area contributed by atoms with E-state index in [4.69, 9.17) is 0 Å². The van der Waals surface area contributed by atoms with Gasteiger partial charge in [-0.25, -0.2) is 0 Å². The monoisotopic (exact) mass is 244 g/mol. The van der Waals surface area contributed by atoms with E-state index in [1.165, 1.54) is 50.0 Å². The molecule has 0 amide bonds. The van der Waals surface area contributed by atoms with Gasteiger partial charge in [0, 0.05) is 30.9 Å². The summed E-state index contributed by atoms with van der Waals surface area (Å²) < 4.78 is 0. The second kappa shape index (κ2) is 5.31. The van der Waals surface area contributed by atoms with E-state index in [0.29, 0.717) is 0 Å². The lowest BCUT2D eigenvalue weighted by atomic mass is 10.0.